The number of nitrogens with one attached hydrogen (secondary N) is 1. The number of urea groups is 1. The van der Waals surface area contributed by atoms with Crippen LogP contribution in [0.5, 0.6) is 0 Å². The van der Waals surface area contributed by atoms with Crippen molar-refractivity contribution in [2.75, 3.05) is 18.9 Å². The van der Waals surface area contributed by atoms with E-state index in [-0.39, 0.29) is 23.1 Å². The van der Waals surface area contributed by atoms with Crippen LogP contribution in [0.3, 0.4) is 0 Å². The van der Waals surface area contributed by atoms with E-state index in [1.54, 1.807) is 18.2 Å². The van der Waals surface area contributed by atoms with Crippen molar-refractivity contribution in [2.24, 2.45) is 0 Å². The summed E-state index contributed by atoms with van der Waals surface area (Å²) in [7, 11) is -1.92. The molecule has 1 aromatic carbocycles. The Morgan fingerprint density at radius 2 is 1.92 bits per heavy atom. The third-order valence-electron chi connectivity index (χ3n) is 4.41. The molecular weight excluding hydrogens is 344 g/mol. The van der Waals surface area contributed by atoms with Crippen LogP contribution in [0.15, 0.2) is 29.2 Å². The maximum atomic E-state index is 12.7. The molecule has 0 unspecified atom stereocenters. The fraction of sp³-hybridized carbons (Fsp3) is 0.529. The minimum absolute atomic E-state index is 0.0707. The summed E-state index contributed by atoms with van der Waals surface area (Å²) in [5.74, 6) is -0.986. The van der Waals surface area contributed by atoms with Crippen LogP contribution >= 0.6 is 0 Å². The van der Waals surface area contributed by atoms with Crippen molar-refractivity contribution in [3.63, 3.8) is 0 Å². The molecule has 1 fully saturated rings. The average Bonchev–Trinajstić information content (AvgIpc) is 2.60. The second kappa shape index (κ2) is 8.33. The van der Waals surface area contributed by atoms with Gasteiger partial charge < -0.3 is 15.3 Å². The molecule has 25 heavy (non-hydrogen) atoms. The number of amides is 2. The fourth-order valence-corrected chi connectivity index (χ4v) is 4.80. The summed E-state index contributed by atoms with van der Waals surface area (Å²) >= 11 is 0. The number of carbonyl (C=O) groups is 2. The van der Waals surface area contributed by atoms with Gasteiger partial charge >= 0.3 is 12.0 Å². The van der Waals surface area contributed by atoms with Crippen molar-refractivity contribution >= 4 is 27.5 Å². The zero-order valence-corrected chi connectivity index (χ0v) is 15.1. The van der Waals surface area contributed by atoms with Gasteiger partial charge in [0.25, 0.3) is 0 Å². The van der Waals surface area contributed by atoms with E-state index in [9.17, 15) is 18.0 Å². The lowest BCUT2D eigenvalue weighted by Crippen LogP contribution is -2.33. The highest BCUT2D eigenvalue weighted by Crippen LogP contribution is 2.29. The number of carbonyl (C=O) groups excluding carboxylic acids is 1. The number of sulfone groups is 1. The van der Waals surface area contributed by atoms with Gasteiger partial charge in [-0.2, -0.15) is 0 Å². The fourth-order valence-electron chi connectivity index (χ4n) is 2.90. The molecule has 0 aromatic heterocycles. The Kier molecular flexibility index (Phi) is 6.41. The van der Waals surface area contributed by atoms with Gasteiger partial charge in [0, 0.05) is 19.3 Å². The number of hydrogen-bond donors (Lipinski definition) is 2. The maximum Gasteiger partial charge on any atom is 0.321 e. The van der Waals surface area contributed by atoms with E-state index >= 15 is 0 Å². The number of carboxylic acid groups (broad SMARTS) is 1. The summed E-state index contributed by atoms with van der Waals surface area (Å²) in [6.07, 6.45) is 4.13. The minimum Gasteiger partial charge on any atom is -0.481 e. The van der Waals surface area contributed by atoms with E-state index in [1.807, 2.05) is 0 Å². The molecule has 1 saturated carbocycles. The average molecular weight is 368 g/mol. The van der Waals surface area contributed by atoms with Gasteiger partial charge in [0.1, 0.15) is 0 Å². The first-order valence-electron chi connectivity index (χ1n) is 8.38. The summed E-state index contributed by atoms with van der Waals surface area (Å²) in [6.45, 7) is 0.0707. The van der Waals surface area contributed by atoms with Crippen molar-refractivity contribution < 1.29 is 23.1 Å². The molecule has 0 aliphatic heterocycles. The molecule has 0 bridgehead atoms. The third kappa shape index (κ3) is 5.19. The highest BCUT2D eigenvalue weighted by atomic mass is 32.2. The van der Waals surface area contributed by atoms with Gasteiger partial charge in [0.15, 0.2) is 9.84 Å². The van der Waals surface area contributed by atoms with E-state index in [2.05, 4.69) is 5.32 Å². The maximum absolute atomic E-state index is 12.7. The molecule has 2 rings (SSSR count). The molecule has 0 heterocycles. The van der Waals surface area contributed by atoms with Crippen molar-refractivity contribution in [1.29, 1.82) is 0 Å². The number of hydrogen-bond acceptors (Lipinski definition) is 4. The van der Waals surface area contributed by atoms with E-state index in [0.29, 0.717) is 18.5 Å². The van der Waals surface area contributed by atoms with Gasteiger partial charge in [0.05, 0.1) is 16.6 Å². The van der Waals surface area contributed by atoms with Gasteiger partial charge in [-0.25, -0.2) is 13.2 Å². The lowest BCUT2D eigenvalue weighted by atomic mass is 10.0. The Hall–Kier alpha value is -2.09. The van der Waals surface area contributed by atoms with Crippen LogP contribution in [0, 0.1) is 0 Å². The number of carboxylic acids is 1. The van der Waals surface area contributed by atoms with Crippen LogP contribution in [-0.4, -0.2) is 49.3 Å². The second-order valence-corrected chi connectivity index (χ2v) is 8.56. The van der Waals surface area contributed by atoms with Crippen LogP contribution in [0.4, 0.5) is 10.5 Å². The number of rotatable bonds is 6. The van der Waals surface area contributed by atoms with E-state index in [1.165, 1.54) is 18.0 Å². The SMILES string of the molecule is CN(CCC(=O)O)C(=O)Nc1cccc(S(=O)(=O)C2CCCCC2)c1. The minimum atomic E-state index is -3.40. The molecule has 7 nitrogen and oxygen atoms in total. The number of nitrogens with zero attached hydrogens (tertiary/aromatic N) is 1. The van der Waals surface area contributed by atoms with Crippen LogP contribution in [0.2, 0.25) is 0 Å². The predicted molar refractivity (Wildman–Crippen MR) is 94.4 cm³/mol. The largest absolute Gasteiger partial charge is 0.481 e. The number of anilines is 1. The first kappa shape index (κ1) is 19.2. The summed E-state index contributed by atoms with van der Waals surface area (Å²) in [6, 6.07) is 5.75. The normalized spacial score (nSPS) is 15.6. The molecule has 2 amide bonds. The molecule has 1 aliphatic carbocycles. The zero-order chi connectivity index (χ0) is 18.4. The highest BCUT2D eigenvalue weighted by Gasteiger charge is 2.29. The Morgan fingerprint density at radius 1 is 1.24 bits per heavy atom. The van der Waals surface area contributed by atoms with E-state index in [4.69, 9.17) is 5.11 Å². The van der Waals surface area contributed by atoms with Gasteiger partial charge in [-0.15, -0.1) is 0 Å². The van der Waals surface area contributed by atoms with Gasteiger partial charge in [-0.1, -0.05) is 25.3 Å². The Labute approximate surface area is 147 Å². The van der Waals surface area contributed by atoms with Crippen LogP contribution in [-0.2, 0) is 14.6 Å². The predicted octanol–water partition coefficient (Wildman–Crippen LogP) is 2.73. The quantitative estimate of drug-likeness (QED) is 0.803. The smallest absolute Gasteiger partial charge is 0.321 e. The standard InChI is InChI=1S/C17H24N2O5S/c1-19(11-10-16(20)21)17(22)18-13-6-5-9-15(12-13)25(23,24)14-7-3-2-4-8-14/h5-6,9,12,14H,2-4,7-8,10-11H2,1H3,(H,18,22)(H,20,21). The molecular formula is C17H24N2O5S. The molecule has 2 N–H and O–H groups in total. The molecule has 0 atom stereocenters. The van der Waals surface area contributed by atoms with Crippen molar-refractivity contribution in [2.45, 2.75) is 48.7 Å². The van der Waals surface area contributed by atoms with Crippen molar-refractivity contribution in [3.8, 4) is 0 Å². The first-order valence-corrected chi connectivity index (χ1v) is 9.93. The summed E-state index contributed by atoms with van der Waals surface area (Å²) in [5, 5.41) is 10.9. The van der Waals surface area contributed by atoms with E-state index < -0.39 is 21.8 Å². The van der Waals surface area contributed by atoms with E-state index in [0.717, 1.165) is 19.3 Å². The Bertz CT molecular complexity index is 726. The lowest BCUT2D eigenvalue weighted by Gasteiger charge is -2.22. The lowest BCUT2D eigenvalue weighted by molar-refractivity contribution is -0.137. The molecule has 0 radical (unpaired) electrons. The summed E-state index contributed by atoms with van der Waals surface area (Å²) in [4.78, 5) is 24.1. The molecule has 0 spiro atoms. The Morgan fingerprint density at radius 3 is 2.56 bits per heavy atom. The molecule has 138 valence electrons. The summed E-state index contributed by atoms with van der Waals surface area (Å²) < 4.78 is 25.5. The second-order valence-electron chi connectivity index (χ2n) is 6.33. The van der Waals surface area contributed by atoms with Crippen LogP contribution < -0.4 is 5.32 Å². The summed E-state index contributed by atoms with van der Waals surface area (Å²) in [5.41, 5.74) is 0.379. The van der Waals surface area contributed by atoms with Crippen molar-refractivity contribution in [1.82, 2.24) is 4.90 Å². The highest BCUT2D eigenvalue weighted by molar-refractivity contribution is 7.92. The van der Waals surface area contributed by atoms with Gasteiger partial charge in [-0.05, 0) is 31.0 Å². The van der Waals surface area contributed by atoms with Gasteiger partial charge in [0.2, 0.25) is 0 Å². The zero-order valence-electron chi connectivity index (χ0n) is 14.3. The molecule has 1 aliphatic rings. The monoisotopic (exact) mass is 368 g/mol. The molecule has 0 saturated heterocycles. The topological polar surface area (TPSA) is 104 Å². The van der Waals surface area contributed by atoms with Gasteiger partial charge in [-0.3, -0.25) is 4.79 Å². The molecule has 1 aromatic rings. The van der Waals surface area contributed by atoms with Crippen LogP contribution in [0.1, 0.15) is 38.5 Å². The molecule has 8 heteroatoms. The van der Waals surface area contributed by atoms with Crippen molar-refractivity contribution in [3.05, 3.63) is 24.3 Å². The number of benzene rings is 1. The number of aliphatic carboxylic acids is 1. The Balaban J connectivity index is 2.07. The first-order chi connectivity index (χ1) is 11.8. The third-order valence-corrected chi connectivity index (χ3v) is 6.67. The van der Waals surface area contributed by atoms with Crippen LogP contribution in [0.25, 0.3) is 0 Å².